The molecule has 112 valence electrons. The molecule has 0 saturated carbocycles. The fraction of sp³-hybridized carbons (Fsp3) is 0.125. The largest absolute Gasteiger partial charge is 0.495 e. The van der Waals surface area contributed by atoms with Gasteiger partial charge in [0.25, 0.3) is 0 Å². The molecule has 0 N–H and O–H groups in total. The van der Waals surface area contributed by atoms with Crippen LogP contribution in [0.4, 0.5) is 0 Å². The number of hydrogen-bond donors (Lipinski definition) is 0. The summed E-state index contributed by atoms with van der Waals surface area (Å²) in [7, 11) is 1.62. The van der Waals surface area contributed by atoms with Crippen LogP contribution in [-0.4, -0.2) is 21.9 Å². The Balaban J connectivity index is 1.82. The standard InChI is InChI=1S/C16H13Cl2N3O/c1-22-13-6-11(8-19-9-13)10-21-5-4-16(20-21)12-2-3-14(17)15(18)7-12/h2-9H,10H2,1H3. The molecule has 22 heavy (non-hydrogen) atoms. The van der Waals surface area contributed by atoms with E-state index >= 15 is 0 Å². The first-order chi connectivity index (χ1) is 10.7. The third-order valence-corrected chi connectivity index (χ3v) is 3.95. The Morgan fingerprint density at radius 1 is 1.09 bits per heavy atom. The summed E-state index contributed by atoms with van der Waals surface area (Å²) >= 11 is 12.0. The van der Waals surface area contributed by atoms with Crippen molar-refractivity contribution < 1.29 is 4.74 Å². The van der Waals surface area contributed by atoms with Gasteiger partial charge in [-0.2, -0.15) is 5.10 Å². The van der Waals surface area contributed by atoms with Crippen molar-refractivity contribution in [1.29, 1.82) is 0 Å². The smallest absolute Gasteiger partial charge is 0.137 e. The number of methoxy groups -OCH3 is 1. The van der Waals surface area contributed by atoms with E-state index in [4.69, 9.17) is 27.9 Å². The number of benzene rings is 1. The predicted octanol–water partition coefficient (Wildman–Crippen LogP) is 4.31. The summed E-state index contributed by atoms with van der Waals surface area (Å²) in [6, 6.07) is 9.35. The van der Waals surface area contributed by atoms with Crippen molar-refractivity contribution in [3.05, 3.63) is 64.5 Å². The van der Waals surface area contributed by atoms with Crippen molar-refractivity contribution >= 4 is 23.2 Å². The minimum atomic E-state index is 0.519. The number of rotatable bonds is 4. The van der Waals surface area contributed by atoms with Gasteiger partial charge in [0, 0.05) is 18.0 Å². The Morgan fingerprint density at radius 2 is 1.95 bits per heavy atom. The molecule has 2 heterocycles. The highest BCUT2D eigenvalue weighted by Gasteiger charge is 2.06. The summed E-state index contributed by atoms with van der Waals surface area (Å²) in [4.78, 5) is 4.14. The molecule has 3 rings (SSSR count). The minimum Gasteiger partial charge on any atom is -0.495 e. The van der Waals surface area contributed by atoms with Gasteiger partial charge in [-0.1, -0.05) is 29.3 Å². The van der Waals surface area contributed by atoms with E-state index in [9.17, 15) is 0 Å². The van der Waals surface area contributed by atoms with Crippen LogP contribution < -0.4 is 4.74 Å². The summed E-state index contributed by atoms with van der Waals surface area (Å²) < 4.78 is 7.01. The van der Waals surface area contributed by atoms with Crippen LogP contribution in [-0.2, 0) is 6.54 Å². The highest BCUT2D eigenvalue weighted by atomic mass is 35.5. The topological polar surface area (TPSA) is 39.9 Å². The van der Waals surface area contributed by atoms with Crippen LogP contribution in [0.15, 0.2) is 48.9 Å². The molecule has 0 spiro atoms. The van der Waals surface area contributed by atoms with E-state index in [0.29, 0.717) is 16.6 Å². The van der Waals surface area contributed by atoms with Crippen molar-refractivity contribution in [2.24, 2.45) is 0 Å². The van der Waals surface area contributed by atoms with Gasteiger partial charge in [-0.3, -0.25) is 9.67 Å². The monoisotopic (exact) mass is 333 g/mol. The molecule has 0 aliphatic carbocycles. The van der Waals surface area contributed by atoms with Crippen LogP contribution >= 0.6 is 23.2 Å². The second-order valence-corrected chi connectivity index (χ2v) is 5.57. The second kappa shape index (κ2) is 6.38. The van der Waals surface area contributed by atoms with Crippen molar-refractivity contribution in [2.45, 2.75) is 6.54 Å². The van der Waals surface area contributed by atoms with Gasteiger partial charge in [-0.15, -0.1) is 0 Å². The lowest BCUT2D eigenvalue weighted by molar-refractivity contribution is 0.412. The number of aromatic nitrogens is 3. The Morgan fingerprint density at radius 3 is 2.73 bits per heavy atom. The minimum absolute atomic E-state index is 0.519. The SMILES string of the molecule is COc1cncc(Cn2ccc(-c3ccc(Cl)c(Cl)c3)n2)c1. The zero-order valence-electron chi connectivity index (χ0n) is 11.8. The van der Waals surface area contributed by atoms with Crippen LogP contribution in [0, 0.1) is 0 Å². The molecule has 0 radical (unpaired) electrons. The molecule has 0 saturated heterocycles. The van der Waals surface area contributed by atoms with Gasteiger partial charge >= 0.3 is 0 Å². The van der Waals surface area contributed by atoms with E-state index in [1.165, 1.54) is 0 Å². The van der Waals surface area contributed by atoms with E-state index in [-0.39, 0.29) is 0 Å². The molecule has 0 atom stereocenters. The lowest BCUT2D eigenvalue weighted by Gasteiger charge is -2.04. The van der Waals surface area contributed by atoms with Crippen LogP contribution in [0.3, 0.4) is 0 Å². The molecule has 1 aromatic carbocycles. The fourth-order valence-corrected chi connectivity index (χ4v) is 2.41. The van der Waals surface area contributed by atoms with Crippen LogP contribution in [0.25, 0.3) is 11.3 Å². The first kappa shape index (κ1) is 14.9. The number of pyridine rings is 1. The van der Waals surface area contributed by atoms with Crippen molar-refractivity contribution in [1.82, 2.24) is 14.8 Å². The van der Waals surface area contributed by atoms with Gasteiger partial charge in [0.15, 0.2) is 0 Å². The second-order valence-electron chi connectivity index (χ2n) is 4.76. The number of ether oxygens (including phenoxy) is 1. The Bertz CT molecular complexity index is 802. The Labute approximate surface area is 138 Å². The van der Waals surface area contributed by atoms with Crippen molar-refractivity contribution in [2.75, 3.05) is 7.11 Å². The zero-order chi connectivity index (χ0) is 15.5. The summed E-state index contributed by atoms with van der Waals surface area (Å²) in [5, 5.41) is 5.60. The summed E-state index contributed by atoms with van der Waals surface area (Å²) in [5.74, 6) is 0.731. The maximum atomic E-state index is 6.04. The normalized spacial score (nSPS) is 10.7. The van der Waals surface area contributed by atoms with Gasteiger partial charge in [0.1, 0.15) is 5.75 Å². The Kier molecular flexibility index (Phi) is 4.32. The predicted molar refractivity (Wildman–Crippen MR) is 87.6 cm³/mol. The van der Waals surface area contributed by atoms with E-state index in [2.05, 4.69) is 10.1 Å². The average Bonchev–Trinajstić information content (AvgIpc) is 2.98. The van der Waals surface area contributed by atoms with E-state index in [1.54, 1.807) is 25.6 Å². The van der Waals surface area contributed by atoms with Crippen molar-refractivity contribution in [3.8, 4) is 17.0 Å². The Hall–Kier alpha value is -2.04. The van der Waals surface area contributed by atoms with Gasteiger partial charge in [0.05, 0.1) is 35.6 Å². The molecule has 0 fully saturated rings. The fourth-order valence-electron chi connectivity index (χ4n) is 2.11. The van der Waals surface area contributed by atoms with Crippen molar-refractivity contribution in [3.63, 3.8) is 0 Å². The van der Waals surface area contributed by atoms with E-state index < -0.39 is 0 Å². The average molecular weight is 334 g/mol. The van der Waals surface area contributed by atoms with Crippen LogP contribution in [0.2, 0.25) is 10.0 Å². The molecule has 4 nitrogen and oxygen atoms in total. The molecule has 0 aliphatic rings. The third kappa shape index (κ3) is 3.24. The first-order valence-corrected chi connectivity index (χ1v) is 7.38. The maximum absolute atomic E-state index is 6.04. The number of nitrogens with zero attached hydrogens (tertiary/aromatic N) is 3. The third-order valence-electron chi connectivity index (χ3n) is 3.21. The zero-order valence-corrected chi connectivity index (χ0v) is 13.3. The van der Waals surface area contributed by atoms with Gasteiger partial charge in [0.2, 0.25) is 0 Å². The summed E-state index contributed by atoms with van der Waals surface area (Å²) in [6.07, 6.45) is 5.38. The van der Waals surface area contributed by atoms with E-state index in [1.807, 2.05) is 35.1 Å². The number of hydrogen-bond acceptors (Lipinski definition) is 3. The summed E-state index contributed by atoms with van der Waals surface area (Å²) in [6.45, 7) is 0.617. The molecule has 3 aromatic rings. The van der Waals surface area contributed by atoms with E-state index in [0.717, 1.165) is 22.6 Å². The molecular weight excluding hydrogens is 321 g/mol. The molecular formula is C16H13Cl2N3O. The lowest BCUT2D eigenvalue weighted by atomic mass is 10.2. The van der Waals surface area contributed by atoms with Gasteiger partial charge < -0.3 is 4.74 Å². The highest BCUT2D eigenvalue weighted by Crippen LogP contribution is 2.27. The highest BCUT2D eigenvalue weighted by molar-refractivity contribution is 6.42. The quantitative estimate of drug-likeness (QED) is 0.714. The number of halogens is 2. The molecule has 0 aliphatic heterocycles. The first-order valence-electron chi connectivity index (χ1n) is 6.62. The molecule has 0 bridgehead atoms. The van der Waals surface area contributed by atoms with Crippen LogP contribution in [0.1, 0.15) is 5.56 Å². The van der Waals surface area contributed by atoms with Gasteiger partial charge in [-0.25, -0.2) is 0 Å². The summed E-state index contributed by atoms with van der Waals surface area (Å²) in [5.41, 5.74) is 2.79. The van der Waals surface area contributed by atoms with Gasteiger partial charge in [-0.05, 0) is 29.8 Å². The molecule has 2 aromatic heterocycles. The molecule has 0 amide bonds. The molecule has 6 heteroatoms. The maximum Gasteiger partial charge on any atom is 0.137 e. The lowest BCUT2D eigenvalue weighted by Crippen LogP contribution is -2.01. The van der Waals surface area contributed by atoms with Crippen LogP contribution in [0.5, 0.6) is 5.75 Å². The molecule has 0 unspecified atom stereocenters.